The van der Waals surface area contributed by atoms with Gasteiger partial charge in [-0.05, 0) is 34.1 Å². The molecule has 98 valence electrons. The molecule has 0 spiro atoms. The van der Waals surface area contributed by atoms with Crippen molar-refractivity contribution in [3.8, 4) is 0 Å². The fraction of sp³-hybridized carbons (Fsp3) is 0. The average molecular weight is 333 g/mol. The zero-order chi connectivity index (χ0) is 14.0. The Kier molecular flexibility index (Phi) is 2.11. The van der Waals surface area contributed by atoms with Gasteiger partial charge in [-0.1, -0.05) is 36.4 Å². The van der Waals surface area contributed by atoms with Gasteiger partial charge >= 0.3 is 0 Å². The SMILES string of the molecule is Brc1c2c(cc3c1=c1ccccc1=N3)=c1ccccc1=N2. The Balaban J connectivity index is 2.12. The Morgan fingerprint density at radius 2 is 1.38 bits per heavy atom. The van der Waals surface area contributed by atoms with Gasteiger partial charge < -0.3 is 0 Å². The molecule has 0 amide bonds. The van der Waals surface area contributed by atoms with E-state index in [1.807, 2.05) is 12.1 Å². The molecular weight excluding hydrogens is 324 g/mol. The van der Waals surface area contributed by atoms with Crippen molar-refractivity contribution in [3.63, 3.8) is 0 Å². The monoisotopic (exact) mass is 332 g/mol. The largest absolute Gasteiger partial charge is 0.248 e. The number of fused-ring (bicyclic) bond motifs is 4. The van der Waals surface area contributed by atoms with E-state index >= 15 is 0 Å². The molecule has 0 bridgehead atoms. The molecule has 0 saturated heterocycles. The van der Waals surface area contributed by atoms with E-state index in [4.69, 9.17) is 9.98 Å². The van der Waals surface area contributed by atoms with E-state index in [1.165, 1.54) is 10.4 Å². The van der Waals surface area contributed by atoms with Crippen molar-refractivity contribution in [3.05, 3.63) is 90.7 Å². The molecule has 2 aliphatic heterocycles. The number of hydrogen-bond acceptors (Lipinski definition) is 2. The van der Waals surface area contributed by atoms with Crippen LogP contribution in [-0.2, 0) is 0 Å². The molecule has 0 atom stereocenters. The first-order chi connectivity index (χ1) is 10.3. The second-order valence-electron chi connectivity index (χ2n) is 5.24. The summed E-state index contributed by atoms with van der Waals surface area (Å²) in [7, 11) is 0. The lowest BCUT2D eigenvalue weighted by Crippen LogP contribution is -1.97. The fourth-order valence-electron chi connectivity index (χ4n) is 3.12. The lowest BCUT2D eigenvalue weighted by molar-refractivity contribution is 1.35. The molecule has 0 saturated carbocycles. The summed E-state index contributed by atoms with van der Waals surface area (Å²) in [4.78, 5) is 9.53. The quantitative estimate of drug-likeness (QED) is 0.414. The number of rotatable bonds is 0. The van der Waals surface area contributed by atoms with Crippen LogP contribution in [0.4, 0.5) is 11.4 Å². The zero-order valence-electron chi connectivity index (χ0n) is 11.0. The topological polar surface area (TPSA) is 24.7 Å². The van der Waals surface area contributed by atoms with Crippen molar-refractivity contribution < 1.29 is 0 Å². The molecule has 3 aromatic carbocycles. The molecule has 0 unspecified atom stereocenters. The highest BCUT2D eigenvalue weighted by Crippen LogP contribution is 2.36. The van der Waals surface area contributed by atoms with Crippen LogP contribution < -0.4 is 10.7 Å². The maximum absolute atomic E-state index is 4.78. The molecule has 21 heavy (non-hydrogen) atoms. The van der Waals surface area contributed by atoms with Gasteiger partial charge in [0.15, 0.2) is 0 Å². The highest BCUT2D eigenvalue weighted by Gasteiger charge is 2.15. The van der Waals surface area contributed by atoms with Crippen molar-refractivity contribution in [2.24, 2.45) is 9.98 Å². The Hall–Kier alpha value is -2.26. The Morgan fingerprint density at radius 1 is 0.714 bits per heavy atom. The molecule has 2 aliphatic rings. The minimum absolute atomic E-state index is 1.02. The van der Waals surface area contributed by atoms with Crippen LogP contribution in [0.1, 0.15) is 0 Å². The van der Waals surface area contributed by atoms with Crippen molar-refractivity contribution in [1.82, 2.24) is 0 Å². The summed E-state index contributed by atoms with van der Waals surface area (Å²) in [6, 6.07) is 18.6. The predicted octanol–water partition coefficient (Wildman–Crippen LogP) is 3.55. The van der Waals surface area contributed by atoms with Gasteiger partial charge in [0, 0.05) is 20.9 Å². The molecule has 0 radical (unpaired) electrons. The summed E-state index contributed by atoms with van der Waals surface area (Å²) in [5, 5.41) is 6.74. The van der Waals surface area contributed by atoms with E-state index in [0.29, 0.717) is 0 Å². The van der Waals surface area contributed by atoms with Crippen molar-refractivity contribution in [2.75, 3.05) is 0 Å². The molecule has 5 rings (SSSR count). The molecule has 3 aromatic rings. The van der Waals surface area contributed by atoms with Gasteiger partial charge in [-0.25, -0.2) is 9.98 Å². The van der Waals surface area contributed by atoms with E-state index in [0.717, 1.165) is 37.0 Å². The standard InChI is InChI=1S/C18H9BrN2/c19-17-16-11-6-2-4-8-14(11)20-15(16)9-12-10-5-1-3-7-13(10)21-18(12)17/h1-9H. The molecule has 0 aromatic heterocycles. The first-order valence-electron chi connectivity index (χ1n) is 6.82. The van der Waals surface area contributed by atoms with Gasteiger partial charge in [0.05, 0.1) is 26.6 Å². The van der Waals surface area contributed by atoms with Crippen LogP contribution >= 0.6 is 15.9 Å². The molecule has 2 nitrogen and oxygen atoms in total. The predicted molar refractivity (Wildman–Crippen MR) is 84.0 cm³/mol. The minimum atomic E-state index is 1.02. The summed E-state index contributed by atoms with van der Waals surface area (Å²) < 4.78 is 1.04. The Labute approximate surface area is 128 Å². The second-order valence-corrected chi connectivity index (χ2v) is 6.03. The highest BCUT2D eigenvalue weighted by molar-refractivity contribution is 9.10. The third-order valence-electron chi connectivity index (χ3n) is 4.06. The third kappa shape index (κ3) is 1.41. The maximum Gasteiger partial charge on any atom is 0.0866 e. The fourth-order valence-corrected chi connectivity index (χ4v) is 3.84. The van der Waals surface area contributed by atoms with Gasteiger partial charge in [0.25, 0.3) is 0 Å². The van der Waals surface area contributed by atoms with Gasteiger partial charge in [-0.2, -0.15) is 0 Å². The van der Waals surface area contributed by atoms with E-state index in [-0.39, 0.29) is 0 Å². The van der Waals surface area contributed by atoms with Crippen LogP contribution in [0.5, 0.6) is 0 Å². The van der Waals surface area contributed by atoms with Crippen molar-refractivity contribution in [2.45, 2.75) is 0 Å². The first kappa shape index (κ1) is 11.4. The van der Waals surface area contributed by atoms with Gasteiger partial charge in [-0.3, -0.25) is 0 Å². The van der Waals surface area contributed by atoms with E-state index < -0.39 is 0 Å². The number of hydrogen-bond donors (Lipinski definition) is 0. The van der Waals surface area contributed by atoms with Gasteiger partial charge in [-0.15, -0.1) is 0 Å². The van der Waals surface area contributed by atoms with Crippen LogP contribution in [-0.4, -0.2) is 0 Å². The first-order valence-corrected chi connectivity index (χ1v) is 7.61. The number of benzene rings is 3. The molecule has 0 N–H and O–H groups in total. The van der Waals surface area contributed by atoms with Gasteiger partial charge in [0.1, 0.15) is 0 Å². The lowest BCUT2D eigenvalue weighted by Gasteiger charge is -1.99. The molecule has 0 aliphatic carbocycles. The minimum Gasteiger partial charge on any atom is -0.248 e. The Bertz CT molecular complexity index is 1240. The summed E-state index contributed by atoms with van der Waals surface area (Å²) in [6.07, 6.45) is 0. The van der Waals surface area contributed by atoms with Crippen molar-refractivity contribution >= 4 is 27.3 Å². The van der Waals surface area contributed by atoms with Crippen LogP contribution in [0.2, 0.25) is 0 Å². The van der Waals surface area contributed by atoms with Crippen LogP contribution in [0.3, 0.4) is 0 Å². The molecular formula is C18H9BrN2. The third-order valence-corrected chi connectivity index (χ3v) is 4.83. The van der Waals surface area contributed by atoms with Crippen LogP contribution in [0.25, 0.3) is 0 Å². The van der Waals surface area contributed by atoms with E-state index in [2.05, 4.69) is 58.4 Å². The summed E-state index contributed by atoms with van der Waals surface area (Å²) >= 11 is 3.76. The summed E-state index contributed by atoms with van der Waals surface area (Å²) in [5.41, 5.74) is 2.04. The average Bonchev–Trinajstić information content (AvgIpc) is 3.06. The summed E-state index contributed by atoms with van der Waals surface area (Å²) in [5.74, 6) is 0. The Morgan fingerprint density at radius 3 is 2.19 bits per heavy atom. The normalized spacial score (nSPS) is 12.8. The molecule has 2 heterocycles. The molecule has 3 heteroatoms. The van der Waals surface area contributed by atoms with Crippen LogP contribution in [0.15, 0.2) is 69.1 Å². The summed E-state index contributed by atoms with van der Waals surface area (Å²) in [6.45, 7) is 0. The highest BCUT2D eigenvalue weighted by atomic mass is 79.9. The van der Waals surface area contributed by atoms with E-state index in [1.54, 1.807) is 0 Å². The van der Waals surface area contributed by atoms with Crippen LogP contribution in [0, 0.1) is 20.9 Å². The lowest BCUT2D eigenvalue weighted by atomic mass is 10.1. The zero-order valence-corrected chi connectivity index (χ0v) is 12.6. The number of halogens is 1. The number of nitrogens with zero attached hydrogens (tertiary/aromatic N) is 2. The van der Waals surface area contributed by atoms with Gasteiger partial charge in [0.2, 0.25) is 0 Å². The molecule has 0 fully saturated rings. The smallest absolute Gasteiger partial charge is 0.0866 e. The maximum atomic E-state index is 4.78. The van der Waals surface area contributed by atoms with E-state index in [9.17, 15) is 0 Å². The van der Waals surface area contributed by atoms with Crippen molar-refractivity contribution in [1.29, 1.82) is 0 Å². The number of para-hydroxylation sites is 2. The second kappa shape index (κ2) is 3.89.